The van der Waals surface area contributed by atoms with Crippen LogP contribution in [0.5, 0.6) is 0 Å². The molecule has 2 rings (SSSR count). The van der Waals surface area contributed by atoms with E-state index in [0.29, 0.717) is 12.8 Å². The fourth-order valence-corrected chi connectivity index (χ4v) is 2.14. The van der Waals surface area contributed by atoms with E-state index in [-0.39, 0.29) is 6.10 Å². The summed E-state index contributed by atoms with van der Waals surface area (Å²) in [4.78, 5) is 0. The smallest absolute Gasteiger partial charge is 0.0622 e. The molecule has 1 unspecified atom stereocenters. The Hall–Kier alpha value is -1.61. The Morgan fingerprint density at radius 1 is 1.28 bits per heavy atom. The third kappa shape index (κ3) is 3.44. The van der Waals surface area contributed by atoms with Crippen LogP contribution in [0.2, 0.25) is 0 Å². The summed E-state index contributed by atoms with van der Waals surface area (Å²) in [5.74, 6) is 0. The van der Waals surface area contributed by atoms with Gasteiger partial charge in [0.05, 0.1) is 12.3 Å². The monoisotopic (exact) mass is 244 g/mol. The van der Waals surface area contributed by atoms with Gasteiger partial charge in [-0.15, -0.1) is 0 Å². The average molecular weight is 244 g/mol. The van der Waals surface area contributed by atoms with Crippen molar-refractivity contribution in [2.24, 2.45) is 0 Å². The van der Waals surface area contributed by atoms with Crippen LogP contribution < -0.4 is 0 Å². The summed E-state index contributed by atoms with van der Waals surface area (Å²) in [6.07, 6.45) is 4.84. The van der Waals surface area contributed by atoms with Gasteiger partial charge in [-0.05, 0) is 31.4 Å². The van der Waals surface area contributed by atoms with Crippen molar-refractivity contribution in [1.29, 1.82) is 0 Å². The lowest BCUT2D eigenvalue weighted by atomic mass is 10.0. The van der Waals surface area contributed by atoms with E-state index in [2.05, 4.69) is 37.1 Å². The van der Waals surface area contributed by atoms with E-state index >= 15 is 0 Å². The second kappa shape index (κ2) is 5.83. The Balaban J connectivity index is 1.94. The number of benzene rings is 1. The average Bonchev–Trinajstić information content (AvgIpc) is 2.76. The van der Waals surface area contributed by atoms with Gasteiger partial charge in [0.15, 0.2) is 0 Å². The standard InChI is InChI=1S/C15H20N2O/c1-3-17-11-14(10-16-17)9-15(18)8-13-6-4-5-12(2)7-13/h4-7,10-11,15,18H,3,8-9H2,1-2H3. The number of aromatic nitrogens is 2. The van der Waals surface area contributed by atoms with Crippen molar-refractivity contribution >= 4 is 0 Å². The Bertz CT molecular complexity index is 505. The normalized spacial score (nSPS) is 12.6. The van der Waals surface area contributed by atoms with Gasteiger partial charge in [0, 0.05) is 19.2 Å². The van der Waals surface area contributed by atoms with E-state index in [1.54, 1.807) is 0 Å². The molecule has 0 spiro atoms. The van der Waals surface area contributed by atoms with Crippen molar-refractivity contribution in [3.8, 4) is 0 Å². The van der Waals surface area contributed by atoms with Crippen LogP contribution in [0, 0.1) is 6.92 Å². The molecule has 3 nitrogen and oxygen atoms in total. The van der Waals surface area contributed by atoms with Crippen molar-refractivity contribution in [3.05, 3.63) is 53.3 Å². The molecule has 0 saturated carbocycles. The van der Waals surface area contributed by atoms with Crippen LogP contribution in [0.25, 0.3) is 0 Å². The van der Waals surface area contributed by atoms with Gasteiger partial charge in [-0.3, -0.25) is 4.68 Å². The molecule has 1 atom stereocenters. The third-order valence-electron chi connectivity index (χ3n) is 3.04. The molecule has 18 heavy (non-hydrogen) atoms. The predicted molar refractivity (Wildman–Crippen MR) is 72.5 cm³/mol. The SMILES string of the molecule is CCn1cc(CC(O)Cc2cccc(C)c2)cn1. The van der Waals surface area contributed by atoms with Crippen molar-refractivity contribution in [2.45, 2.75) is 39.3 Å². The molecule has 1 N–H and O–H groups in total. The molecule has 2 aromatic rings. The molecule has 1 heterocycles. The number of nitrogens with zero attached hydrogens (tertiary/aromatic N) is 2. The molecule has 0 amide bonds. The van der Waals surface area contributed by atoms with Gasteiger partial charge in [0.2, 0.25) is 0 Å². The largest absolute Gasteiger partial charge is 0.392 e. The molecule has 96 valence electrons. The number of hydrogen-bond donors (Lipinski definition) is 1. The van der Waals surface area contributed by atoms with Crippen LogP contribution in [-0.4, -0.2) is 21.0 Å². The molecule has 0 bridgehead atoms. The van der Waals surface area contributed by atoms with Crippen LogP contribution in [0.4, 0.5) is 0 Å². The minimum Gasteiger partial charge on any atom is -0.392 e. The maximum absolute atomic E-state index is 10.1. The highest BCUT2D eigenvalue weighted by molar-refractivity contribution is 5.23. The van der Waals surface area contributed by atoms with Crippen molar-refractivity contribution < 1.29 is 5.11 Å². The van der Waals surface area contributed by atoms with Gasteiger partial charge in [0.25, 0.3) is 0 Å². The Kier molecular flexibility index (Phi) is 4.15. The lowest BCUT2D eigenvalue weighted by Gasteiger charge is -2.09. The van der Waals surface area contributed by atoms with Crippen LogP contribution in [0.1, 0.15) is 23.6 Å². The maximum Gasteiger partial charge on any atom is 0.0622 e. The fourth-order valence-electron chi connectivity index (χ4n) is 2.14. The van der Waals surface area contributed by atoms with E-state index in [1.807, 2.05) is 23.1 Å². The van der Waals surface area contributed by atoms with Crippen LogP contribution in [0.15, 0.2) is 36.7 Å². The quantitative estimate of drug-likeness (QED) is 0.876. The van der Waals surface area contributed by atoms with E-state index in [9.17, 15) is 5.11 Å². The first-order chi connectivity index (χ1) is 8.67. The highest BCUT2D eigenvalue weighted by Gasteiger charge is 2.08. The summed E-state index contributed by atoms with van der Waals surface area (Å²) in [7, 11) is 0. The first-order valence-electron chi connectivity index (χ1n) is 6.42. The Morgan fingerprint density at radius 2 is 2.06 bits per heavy atom. The zero-order chi connectivity index (χ0) is 13.0. The molecular formula is C15H20N2O. The number of aryl methyl sites for hydroxylation is 2. The van der Waals surface area contributed by atoms with Crippen LogP contribution in [-0.2, 0) is 19.4 Å². The minimum atomic E-state index is -0.346. The summed E-state index contributed by atoms with van der Waals surface area (Å²) in [5.41, 5.74) is 3.51. The Morgan fingerprint density at radius 3 is 2.72 bits per heavy atom. The number of aliphatic hydroxyl groups is 1. The second-order valence-electron chi connectivity index (χ2n) is 4.76. The fraction of sp³-hybridized carbons (Fsp3) is 0.400. The highest BCUT2D eigenvalue weighted by Crippen LogP contribution is 2.10. The topological polar surface area (TPSA) is 38.0 Å². The van der Waals surface area contributed by atoms with E-state index in [0.717, 1.165) is 12.1 Å². The van der Waals surface area contributed by atoms with E-state index in [4.69, 9.17) is 0 Å². The summed E-state index contributed by atoms with van der Waals surface area (Å²) < 4.78 is 1.88. The summed E-state index contributed by atoms with van der Waals surface area (Å²) in [6, 6.07) is 8.29. The maximum atomic E-state index is 10.1. The van der Waals surface area contributed by atoms with E-state index in [1.165, 1.54) is 11.1 Å². The molecule has 0 aliphatic carbocycles. The minimum absolute atomic E-state index is 0.346. The molecule has 0 aliphatic heterocycles. The molecule has 1 aromatic heterocycles. The van der Waals surface area contributed by atoms with Crippen LogP contribution >= 0.6 is 0 Å². The van der Waals surface area contributed by atoms with Crippen molar-refractivity contribution in [2.75, 3.05) is 0 Å². The van der Waals surface area contributed by atoms with E-state index < -0.39 is 0 Å². The zero-order valence-electron chi connectivity index (χ0n) is 11.0. The lowest BCUT2D eigenvalue weighted by molar-refractivity contribution is 0.175. The summed E-state index contributed by atoms with van der Waals surface area (Å²) in [6.45, 7) is 5.00. The Labute approximate surface area is 108 Å². The summed E-state index contributed by atoms with van der Waals surface area (Å²) in [5, 5.41) is 14.3. The number of rotatable bonds is 5. The van der Waals surface area contributed by atoms with Gasteiger partial charge >= 0.3 is 0 Å². The molecule has 0 aliphatic rings. The third-order valence-corrected chi connectivity index (χ3v) is 3.04. The molecule has 0 saturated heterocycles. The molecule has 0 radical (unpaired) electrons. The number of aliphatic hydroxyl groups excluding tert-OH is 1. The molecular weight excluding hydrogens is 224 g/mol. The lowest BCUT2D eigenvalue weighted by Crippen LogP contribution is -2.13. The second-order valence-corrected chi connectivity index (χ2v) is 4.76. The van der Waals surface area contributed by atoms with Gasteiger partial charge in [0.1, 0.15) is 0 Å². The highest BCUT2D eigenvalue weighted by atomic mass is 16.3. The molecule has 1 aromatic carbocycles. The first kappa shape index (κ1) is 12.8. The number of hydrogen-bond acceptors (Lipinski definition) is 2. The van der Waals surface area contributed by atoms with Gasteiger partial charge in [-0.2, -0.15) is 5.10 Å². The zero-order valence-corrected chi connectivity index (χ0v) is 11.0. The van der Waals surface area contributed by atoms with Gasteiger partial charge in [-0.1, -0.05) is 29.8 Å². The summed E-state index contributed by atoms with van der Waals surface area (Å²) >= 11 is 0. The van der Waals surface area contributed by atoms with Crippen LogP contribution in [0.3, 0.4) is 0 Å². The predicted octanol–water partition coefficient (Wildman–Crippen LogP) is 2.36. The molecule has 0 fully saturated rings. The van der Waals surface area contributed by atoms with Crippen molar-refractivity contribution in [1.82, 2.24) is 9.78 Å². The molecule has 3 heteroatoms. The first-order valence-corrected chi connectivity index (χ1v) is 6.42. The van der Waals surface area contributed by atoms with Crippen molar-refractivity contribution in [3.63, 3.8) is 0 Å². The van der Waals surface area contributed by atoms with Gasteiger partial charge < -0.3 is 5.11 Å². The van der Waals surface area contributed by atoms with Gasteiger partial charge in [-0.25, -0.2) is 0 Å².